The second kappa shape index (κ2) is 5.27. The maximum absolute atomic E-state index is 6.31. The SMILES string of the molecule is COc1cc(OC)c(-c2cc(N)no2)c(Cl)c1OC. The Bertz CT molecular complexity index is 598. The van der Waals surface area contributed by atoms with Gasteiger partial charge in [0.05, 0.1) is 26.9 Å². The molecule has 1 aromatic carbocycles. The fourth-order valence-electron chi connectivity index (χ4n) is 1.73. The van der Waals surface area contributed by atoms with Gasteiger partial charge in [0.1, 0.15) is 10.8 Å². The Morgan fingerprint density at radius 1 is 1.11 bits per heavy atom. The van der Waals surface area contributed by atoms with Crippen LogP contribution in [0.3, 0.4) is 0 Å². The van der Waals surface area contributed by atoms with Gasteiger partial charge in [0, 0.05) is 12.1 Å². The molecule has 0 radical (unpaired) electrons. The molecule has 0 spiro atoms. The van der Waals surface area contributed by atoms with Crippen molar-refractivity contribution in [1.82, 2.24) is 5.16 Å². The van der Waals surface area contributed by atoms with E-state index in [1.807, 2.05) is 0 Å². The van der Waals surface area contributed by atoms with Crippen LogP contribution in [0, 0.1) is 0 Å². The van der Waals surface area contributed by atoms with E-state index >= 15 is 0 Å². The third-order valence-corrected chi connectivity index (χ3v) is 2.93. The number of ether oxygens (including phenoxy) is 3. The zero-order valence-corrected chi connectivity index (χ0v) is 11.4. The van der Waals surface area contributed by atoms with Gasteiger partial charge in [0.2, 0.25) is 0 Å². The lowest BCUT2D eigenvalue weighted by Gasteiger charge is -2.14. The van der Waals surface area contributed by atoms with Crippen molar-refractivity contribution in [3.05, 3.63) is 17.2 Å². The Morgan fingerprint density at radius 2 is 1.79 bits per heavy atom. The van der Waals surface area contributed by atoms with Gasteiger partial charge in [0.25, 0.3) is 0 Å². The fraction of sp³-hybridized carbons (Fsp3) is 0.250. The van der Waals surface area contributed by atoms with E-state index in [9.17, 15) is 0 Å². The lowest BCUT2D eigenvalue weighted by atomic mass is 10.1. The number of hydrogen-bond acceptors (Lipinski definition) is 6. The number of nitrogens with two attached hydrogens (primary N) is 1. The van der Waals surface area contributed by atoms with Gasteiger partial charge >= 0.3 is 0 Å². The van der Waals surface area contributed by atoms with Crippen molar-refractivity contribution in [2.75, 3.05) is 27.1 Å². The molecule has 0 aliphatic carbocycles. The second-order valence-electron chi connectivity index (χ2n) is 3.62. The van der Waals surface area contributed by atoms with E-state index in [1.54, 1.807) is 12.1 Å². The van der Waals surface area contributed by atoms with Crippen molar-refractivity contribution in [2.45, 2.75) is 0 Å². The molecule has 19 heavy (non-hydrogen) atoms. The molecule has 0 atom stereocenters. The van der Waals surface area contributed by atoms with E-state index in [0.717, 1.165) is 0 Å². The van der Waals surface area contributed by atoms with Crippen LogP contribution in [0.5, 0.6) is 17.2 Å². The number of methoxy groups -OCH3 is 3. The number of halogens is 1. The minimum Gasteiger partial charge on any atom is -0.496 e. The lowest BCUT2D eigenvalue weighted by Crippen LogP contribution is -1.96. The third-order valence-electron chi connectivity index (χ3n) is 2.57. The molecule has 0 unspecified atom stereocenters. The molecule has 2 N–H and O–H groups in total. The third kappa shape index (κ3) is 2.26. The van der Waals surface area contributed by atoms with Crippen LogP contribution >= 0.6 is 11.6 Å². The maximum Gasteiger partial charge on any atom is 0.180 e. The molecule has 0 saturated heterocycles. The number of aromatic nitrogens is 1. The molecule has 2 rings (SSSR count). The first-order valence-corrected chi connectivity index (χ1v) is 5.71. The predicted octanol–water partition coefficient (Wildman–Crippen LogP) is 2.60. The Kier molecular flexibility index (Phi) is 3.71. The van der Waals surface area contributed by atoms with Crippen LogP contribution in [0.2, 0.25) is 5.02 Å². The highest BCUT2D eigenvalue weighted by Gasteiger charge is 2.23. The highest BCUT2D eigenvalue weighted by molar-refractivity contribution is 6.35. The van der Waals surface area contributed by atoms with Crippen molar-refractivity contribution in [3.8, 4) is 28.6 Å². The van der Waals surface area contributed by atoms with Gasteiger partial charge in [-0.1, -0.05) is 16.8 Å². The highest BCUT2D eigenvalue weighted by Crippen LogP contribution is 2.47. The van der Waals surface area contributed by atoms with E-state index in [4.69, 9.17) is 36.1 Å². The summed E-state index contributed by atoms with van der Waals surface area (Å²) < 4.78 is 20.8. The van der Waals surface area contributed by atoms with Gasteiger partial charge in [0.15, 0.2) is 23.1 Å². The van der Waals surface area contributed by atoms with Crippen LogP contribution in [0.15, 0.2) is 16.7 Å². The molecule has 1 heterocycles. The normalized spacial score (nSPS) is 10.3. The smallest absolute Gasteiger partial charge is 0.180 e. The van der Waals surface area contributed by atoms with E-state index in [-0.39, 0.29) is 5.82 Å². The monoisotopic (exact) mass is 284 g/mol. The minimum absolute atomic E-state index is 0.253. The average molecular weight is 285 g/mol. The van der Waals surface area contributed by atoms with E-state index < -0.39 is 0 Å². The predicted molar refractivity (Wildman–Crippen MR) is 71.0 cm³/mol. The standard InChI is InChI=1S/C12H13ClN2O4/c1-16-6-4-8(17-2)12(18-3)11(13)10(6)7-5-9(14)15-19-7/h4-5H,1-3H3,(H2,14,15). The number of rotatable bonds is 4. The summed E-state index contributed by atoms with van der Waals surface area (Å²) in [5.41, 5.74) is 6.05. The number of nitrogens with zero attached hydrogens (tertiary/aromatic N) is 1. The molecule has 7 heteroatoms. The van der Waals surface area contributed by atoms with Gasteiger partial charge in [-0.25, -0.2) is 0 Å². The minimum atomic E-state index is 0.253. The Morgan fingerprint density at radius 3 is 2.26 bits per heavy atom. The molecule has 0 fully saturated rings. The lowest BCUT2D eigenvalue weighted by molar-refractivity contribution is 0.349. The van der Waals surface area contributed by atoms with Gasteiger partial charge in [-0.15, -0.1) is 0 Å². The zero-order valence-electron chi connectivity index (χ0n) is 10.7. The molecule has 102 valence electrons. The van der Waals surface area contributed by atoms with Crippen LogP contribution in [0.25, 0.3) is 11.3 Å². The van der Waals surface area contributed by atoms with Crippen molar-refractivity contribution < 1.29 is 18.7 Å². The van der Waals surface area contributed by atoms with Crippen LogP contribution in [-0.4, -0.2) is 26.5 Å². The van der Waals surface area contributed by atoms with E-state index in [1.165, 1.54) is 21.3 Å². The summed E-state index contributed by atoms with van der Waals surface area (Å²) in [6.07, 6.45) is 0. The van der Waals surface area contributed by atoms with E-state index in [2.05, 4.69) is 5.16 Å². The largest absolute Gasteiger partial charge is 0.496 e. The molecular formula is C12H13ClN2O4. The van der Waals surface area contributed by atoms with Crippen LogP contribution in [0.4, 0.5) is 5.82 Å². The molecule has 0 aliphatic rings. The summed E-state index contributed by atoms with van der Waals surface area (Å²) in [5.74, 6) is 1.96. The molecule has 2 aromatic rings. The summed E-state index contributed by atoms with van der Waals surface area (Å²) in [6.45, 7) is 0. The van der Waals surface area contributed by atoms with Crippen LogP contribution in [-0.2, 0) is 0 Å². The Hall–Kier alpha value is -2.08. The molecule has 0 bridgehead atoms. The first-order chi connectivity index (χ1) is 9.12. The first-order valence-electron chi connectivity index (χ1n) is 5.33. The molecular weight excluding hydrogens is 272 g/mol. The second-order valence-corrected chi connectivity index (χ2v) is 4.00. The summed E-state index contributed by atoms with van der Waals surface area (Å²) in [7, 11) is 4.52. The number of nitrogen functional groups attached to an aromatic ring is 1. The summed E-state index contributed by atoms with van der Waals surface area (Å²) in [5, 5.41) is 3.92. The van der Waals surface area contributed by atoms with Gasteiger partial charge in [-0.05, 0) is 0 Å². The fourth-order valence-corrected chi connectivity index (χ4v) is 2.08. The maximum atomic E-state index is 6.31. The van der Waals surface area contributed by atoms with Crippen LogP contribution < -0.4 is 19.9 Å². The zero-order chi connectivity index (χ0) is 14.0. The summed E-state index contributed by atoms with van der Waals surface area (Å²) in [4.78, 5) is 0. The van der Waals surface area contributed by atoms with Gasteiger partial charge in [-0.2, -0.15) is 0 Å². The van der Waals surface area contributed by atoms with Crippen molar-refractivity contribution in [1.29, 1.82) is 0 Å². The van der Waals surface area contributed by atoms with Gasteiger partial charge in [-0.3, -0.25) is 0 Å². The topological polar surface area (TPSA) is 79.7 Å². The van der Waals surface area contributed by atoms with Crippen molar-refractivity contribution >= 4 is 17.4 Å². The molecule has 1 aromatic heterocycles. The molecule has 6 nitrogen and oxygen atoms in total. The average Bonchev–Trinajstić information content (AvgIpc) is 2.83. The number of anilines is 1. The Labute approximate surface area is 115 Å². The molecule has 0 amide bonds. The number of hydrogen-bond donors (Lipinski definition) is 1. The number of benzene rings is 1. The first kappa shape index (κ1) is 13.4. The van der Waals surface area contributed by atoms with Gasteiger partial charge < -0.3 is 24.5 Å². The van der Waals surface area contributed by atoms with Crippen molar-refractivity contribution in [3.63, 3.8) is 0 Å². The van der Waals surface area contributed by atoms with Crippen molar-refractivity contribution in [2.24, 2.45) is 0 Å². The molecule has 0 aliphatic heterocycles. The summed E-state index contributed by atoms with van der Waals surface area (Å²) >= 11 is 6.31. The quantitative estimate of drug-likeness (QED) is 0.929. The highest BCUT2D eigenvalue weighted by atomic mass is 35.5. The van der Waals surface area contributed by atoms with E-state index in [0.29, 0.717) is 33.6 Å². The molecule has 0 saturated carbocycles. The summed E-state index contributed by atoms with van der Waals surface area (Å²) in [6, 6.07) is 3.20. The van der Waals surface area contributed by atoms with Crippen LogP contribution in [0.1, 0.15) is 0 Å². The Balaban J connectivity index is 2.71.